The first-order chi connectivity index (χ1) is 13.6. The molecule has 1 aromatic rings. The molecule has 2 heterocycles. The van der Waals surface area contributed by atoms with Crippen LogP contribution >= 0.6 is 0 Å². The standard InChI is InChI=1S/C22H33N3O3/c1-23(17-20(26)27)19-11-8-15-24(16-12-19)21(18-9-4-2-5-10-18)22(28)25-13-6-3-7-14-25/h2,4-5,9-10,19,21H,3,6-8,11-17H2,1H3,(H,26,27). The normalized spacial score (nSPS) is 22.6. The van der Waals surface area contributed by atoms with Crippen molar-refractivity contribution in [3.05, 3.63) is 35.9 Å². The average Bonchev–Trinajstić information content (AvgIpc) is 2.95. The molecule has 0 aliphatic carbocycles. The Labute approximate surface area is 168 Å². The number of nitrogens with zero attached hydrogens (tertiary/aromatic N) is 3. The van der Waals surface area contributed by atoms with Crippen molar-refractivity contribution >= 4 is 11.9 Å². The molecule has 6 nitrogen and oxygen atoms in total. The third-order valence-electron chi connectivity index (χ3n) is 6.12. The third kappa shape index (κ3) is 5.32. The van der Waals surface area contributed by atoms with Crippen molar-refractivity contribution in [1.29, 1.82) is 0 Å². The van der Waals surface area contributed by atoms with E-state index in [1.165, 1.54) is 6.42 Å². The van der Waals surface area contributed by atoms with Gasteiger partial charge in [0.1, 0.15) is 6.04 Å². The lowest BCUT2D eigenvalue weighted by Crippen LogP contribution is -2.45. The number of rotatable bonds is 6. The molecule has 0 saturated carbocycles. The van der Waals surface area contributed by atoms with E-state index in [0.717, 1.165) is 63.8 Å². The Morgan fingerprint density at radius 2 is 1.75 bits per heavy atom. The summed E-state index contributed by atoms with van der Waals surface area (Å²) in [6.07, 6.45) is 6.23. The van der Waals surface area contributed by atoms with Crippen LogP contribution in [0.5, 0.6) is 0 Å². The number of hydrogen-bond donors (Lipinski definition) is 1. The highest BCUT2D eigenvalue weighted by Gasteiger charge is 2.33. The largest absolute Gasteiger partial charge is 0.480 e. The molecule has 0 bridgehead atoms. The number of carbonyl (C=O) groups excluding carboxylic acids is 1. The lowest BCUT2D eigenvalue weighted by Gasteiger charge is -2.36. The number of amides is 1. The number of likely N-dealkylation sites (N-methyl/N-ethyl adjacent to an activating group) is 1. The molecule has 2 atom stereocenters. The van der Waals surface area contributed by atoms with Gasteiger partial charge < -0.3 is 10.0 Å². The highest BCUT2D eigenvalue weighted by Crippen LogP contribution is 2.28. The number of hydrogen-bond acceptors (Lipinski definition) is 4. The molecule has 0 aromatic heterocycles. The van der Waals surface area contributed by atoms with Gasteiger partial charge in [0.05, 0.1) is 6.54 Å². The van der Waals surface area contributed by atoms with E-state index in [0.29, 0.717) is 0 Å². The van der Waals surface area contributed by atoms with Crippen LogP contribution in [0, 0.1) is 0 Å². The number of likely N-dealkylation sites (tertiary alicyclic amines) is 2. The van der Waals surface area contributed by atoms with Crippen LogP contribution < -0.4 is 0 Å². The van der Waals surface area contributed by atoms with Crippen molar-refractivity contribution in [3.8, 4) is 0 Å². The number of benzene rings is 1. The second-order valence-corrected chi connectivity index (χ2v) is 8.13. The summed E-state index contributed by atoms with van der Waals surface area (Å²) in [5.74, 6) is -0.561. The zero-order valence-corrected chi connectivity index (χ0v) is 16.9. The van der Waals surface area contributed by atoms with Crippen LogP contribution in [0.4, 0.5) is 0 Å². The Bertz CT molecular complexity index is 646. The number of carbonyl (C=O) groups is 2. The minimum atomic E-state index is -0.786. The van der Waals surface area contributed by atoms with Gasteiger partial charge in [0.2, 0.25) is 5.91 Å². The predicted molar refractivity (Wildman–Crippen MR) is 109 cm³/mol. The predicted octanol–water partition coefficient (Wildman–Crippen LogP) is 2.61. The fourth-order valence-electron chi connectivity index (χ4n) is 4.57. The number of carboxylic acids is 1. The maximum absolute atomic E-state index is 13.5. The summed E-state index contributed by atoms with van der Waals surface area (Å²) in [5, 5.41) is 9.09. The summed E-state index contributed by atoms with van der Waals surface area (Å²) in [7, 11) is 1.89. The van der Waals surface area contributed by atoms with Crippen LogP contribution in [-0.4, -0.2) is 77.5 Å². The van der Waals surface area contributed by atoms with Gasteiger partial charge in [-0.3, -0.25) is 19.4 Å². The zero-order valence-electron chi connectivity index (χ0n) is 16.9. The Hall–Kier alpha value is -1.92. The van der Waals surface area contributed by atoms with Gasteiger partial charge in [0.25, 0.3) is 0 Å². The average molecular weight is 388 g/mol. The first-order valence-electron chi connectivity index (χ1n) is 10.6. The number of aliphatic carboxylic acids is 1. The Kier molecular flexibility index (Phi) is 7.45. The van der Waals surface area contributed by atoms with Gasteiger partial charge in [-0.15, -0.1) is 0 Å². The molecular formula is C22H33N3O3. The summed E-state index contributed by atoms with van der Waals surface area (Å²) in [6, 6.07) is 10.1. The van der Waals surface area contributed by atoms with Crippen molar-refractivity contribution in [1.82, 2.24) is 14.7 Å². The minimum absolute atomic E-state index is 0.0689. The van der Waals surface area contributed by atoms with Crippen molar-refractivity contribution in [3.63, 3.8) is 0 Å². The first kappa shape index (κ1) is 20.8. The van der Waals surface area contributed by atoms with Gasteiger partial charge >= 0.3 is 5.97 Å². The van der Waals surface area contributed by atoms with Gasteiger partial charge in [-0.25, -0.2) is 0 Å². The Balaban J connectivity index is 1.74. The molecule has 154 valence electrons. The van der Waals surface area contributed by atoms with Gasteiger partial charge in [0, 0.05) is 25.7 Å². The van der Waals surface area contributed by atoms with E-state index in [4.69, 9.17) is 5.11 Å². The maximum Gasteiger partial charge on any atom is 0.317 e. The van der Waals surface area contributed by atoms with Crippen molar-refractivity contribution < 1.29 is 14.7 Å². The van der Waals surface area contributed by atoms with E-state index >= 15 is 0 Å². The first-order valence-corrected chi connectivity index (χ1v) is 10.6. The number of piperidine rings is 1. The molecule has 1 amide bonds. The second-order valence-electron chi connectivity index (χ2n) is 8.13. The summed E-state index contributed by atoms with van der Waals surface area (Å²) >= 11 is 0. The van der Waals surface area contributed by atoms with Gasteiger partial charge in [-0.1, -0.05) is 30.3 Å². The second kappa shape index (κ2) is 10.0. The van der Waals surface area contributed by atoms with E-state index in [2.05, 4.69) is 17.0 Å². The smallest absolute Gasteiger partial charge is 0.317 e. The summed E-state index contributed by atoms with van der Waals surface area (Å²) < 4.78 is 0. The maximum atomic E-state index is 13.5. The van der Waals surface area contributed by atoms with Crippen LogP contribution in [0.15, 0.2) is 30.3 Å². The molecule has 2 unspecified atom stereocenters. The van der Waals surface area contributed by atoms with Gasteiger partial charge in [-0.2, -0.15) is 0 Å². The van der Waals surface area contributed by atoms with E-state index in [-0.39, 0.29) is 24.5 Å². The Morgan fingerprint density at radius 1 is 1.04 bits per heavy atom. The SMILES string of the molecule is CN(CC(=O)O)C1CCCN(C(C(=O)N2CCCCC2)c2ccccc2)CC1. The molecule has 2 saturated heterocycles. The molecule has 6 heteroatoms. The molecule has 1 N–H and O–H groups in total. The molecule has 2 aliphatic heterocycles. The molecule has 2 fully saturated rings. The van der Waals surface area contributed by atoms with Crippen LogP contribution in [0.2, 0.25) is 0 Å². The van der Waals surface area contributed by atoms with Gasteiger partial charge in [-0.05, 0) is 57.7 Å². The molecular weight excluding hydrogens is 354 g/mol. The summed E-state index contributed by atoms with van der Waals surface area (Å²) in [4.78, 5) is 30.8. The fourth-order valence-corrected chi connectivity index (χ4v) is 4.57. The van der Waals surface area contributed by atoms with Crippen LogP contribution in [-0.2, 0) is 9.59 Å². The van der Waals surface area contributed by atoms with Crippen molar-refractivity contribution in [2.75, 3.05) is 39.8 Å². The van der Waals surface area contributed by atoms with E-state index in [1.807, 2.05) is 35.0 Å². The van der Waals surface area contributed by atoms with E-state index in [1.54, 1.807) is 0 Å². The Morgan fingerprint density at radius 3 is 2.43 bits per heavy atom. The van der Waals surface area contributed by atoms with E-state index in [9.17, 15) is 9.59 Å². The molecule has 0 spiro atoms. The van der Waals surface area contributed by atoms with Crippen molar-refractivity contribution in [2.24, 2.45) is 0 Å². The van der Waals surface area contributed by atoms with Crippen LogP contribution in [0.1, 0.15) is 50.1 Å². The lowest BCUT2D eigenvalue weighted by atomic mass is 10.0. The molecule has 28 heavy (non-hydrogen) atoms. The minimum Gasteiger partial charge on any atom is -0.480 e. The topological polar surface area (TPSA) is 64.1 Å². The quantitative estimate of drug-likeness (QED) is 0.813. The van der Waals surface area contributed by atoms with Crippen LogP contribution in [0.25, 0.3) is 0 Å². The molecule has 0 radical (unpaired) electrons. The highest BCUT2D eigenvalue weighted by molar-refractivity contribution is 5.83. The lowest BCUT2D eigenvalue weighted by molar-refractivity contribution is -0.139. The highest BCUT2D eigenvalue weighted by atomic mass is 16.4. The third-order valence-corrected chi connectivity index (χ3v) is 6.12. The van der Waals surface area contributed by atoms with Gasteiger partial charge in [0.15, 0.2) is 0 Å². The van der Waals surface area contributed by atoms with E-state index < -0.39 is 5.97 Å². The molecule has 2 aliphatic rings. The van der Waals surface area contributed by atoms with Crippen LogP contribution in [0.3, 0.4) is 0 Å². The summed E-state index contributed by atoms with van der Waals surface area (Å²) in [5.41, 5.74) is 1.07. The number of carboxylic acid groups (broad SMARTS) is 1. The summed E-state index contributed by atoms with van der Waals surface area (Å²) in [6.45, 7) is 3.48. The monoisotopic (exact) mass is 387 g/mol. The zero-order chi connectivity index (χ0) is 19.9. The molecule has 1 aromatic carbocycles. The molecule has 3 rings (SSSR count). The van der Waals surface area contributed by atoms with Crippen molar-refractivity contribution in [2.45, 2.75) is 50.6 Å². The fraction of sp³-hybridized carbons (Fsp3) is 0.636.